The van der Waals surface area contributed by atoms with Crippen molar-refractivity contribution in [3.63, 3.8) is 0 Å². The molecule has 3 N–H and O–H groups in total. The van der Waals surface area contributed by atoms with Crippen LogP contribution in [0.4, 0.5) is 4.39 Å². The molecule has 3 rings (SSSR count). The van der Waals surface area contributed by atoms with Gasteiger partial charge >= 0.3 is 0 Å². The first kappa shape index (κ1) is 21.0. The van der Waals surface area contributed by atoms with E-state index in [2.05, 4.69) is 15.6 Å². The van der Waals surface area contributed by atoms with E-state index in [1.54, 1.807) is 12.1 Å². The van der Waals surface area contributed by atoms with E-state index >= 15 is 0 Å². The minimum absolute atomic E-state index is 0.319. The quantitative estimate of drug-likeness (QED) is 0.593. The van der Waals surface area contributed by atoms with Crippen molar-refractivity contribution in [1.82, 2.24) is 15.6 Å². The van der Waals surface area contributed by atoms with Crippen molar-refractivity contribution in [2.75, 3.05) is 13.2 Å². The summed E-state index contributed by atoms with van der Waals surface area (Å²) in [5.41, 5.74) is 3.39. The number of alkyl halides is 3. The molecule has 1 saturated heterocycles. The van der Waals surface area contributed by atoms with Crippen LogP contribution in [0.2, 0.25) is 0 Å². The van der Waals surface area contributed by atoms with E-state index in [0.29, 0.717) is 11.6 Å². The molecule has 1 unspecified atom stereocenters. The lowest BCUT2D eigenvalue weighted by atomic mass is 9.99. The maximum atomic E-state index is 13.3. The standard InChI is InChI=1S/C20H22Cl2FN3O2/c21-19(22)20(28)26-17(10-23)18(27)13-5-3-12(4-6-13)14-7-8-16(25-11-14)15-2-1-9-24-15/h3-8,11,15,17-19,24,27H,1-2,9-10H2,(H,26,28)/t15?,17-,18-/m1/s1. The van der Waals surface area contributed by atoms with Gasteiger partial charge in [-0.15, -0.1) is 0 Å². The van der Waals surface area contributed by atoms with Crippen LogP contribution in [-0.4, -0.2) is 40.1 Å². The van der Waals surface area contributed by atoms with Gasteiger partial charge in [0.2, 0.25) is 0 Å². The summed E-state index contributed by atoms with van der Waals surface area (Å²) in [6.45, 7) is 0.0738. The Kier molecular flexibility index (Phi) is 7.24. The molecule has 0 aliphatic carbocycles. The summed E-state index contributed by atoms with van der Waals surface area (Å²) in [5, 5.41) is 16.1. The van der Waals surface area contributed by atoms with Crippen molar-refractivity contribution in [3.8, 4) is 11.1 Å². The van der Waals surface area contributed by atoms with Crippen LogP contribution in [0, 0.1) is 0 Å². The van der Waals surface area contributed by atoms with Crippen LogP contribution < -0.4 is 10.6 Å². The molecule has 0 saturated carbocycles. The third kappa shape index (κ3) is 5.00. The molecule has 0 spiro atoms. The lowest BCUT2D eigenvalue weighted by Crippen LogP contribution is -2.43. The van der Waals surface area contributed by atoms with Gasteiger partial charge in [-0.25, -0.2) is 4.39 Å². The SMILES string of the molecule is O=C(N[C@H](CF)[C@H](O)c1ccc(-c2ccc(C3CCCN3)nc2)cc1)C(Cl)Cl. The molecule has 1 aromatic carbocycles. The molecule has 1 fully saturated rings. The summed E-state index contributed by atoms with van der Waals surface area (Å²) in [6, 6.07) is 10.3. The summed E-state index contributed by atoms with van der Waals surface area (Å²) in [6.07, 6.45) is 2.87. The highest BCUT2D eigenvalue weighted by Crippen LogP contribution is 2.26. The van der Waals surface area contributed by atoms with Crippen LogP contribution in [0.1, 0.15) is 36.2 Å². The normalized spacial score (nSPS) is 18.8. The molecule has 8 heteroatoms. The van der Waals surface area contributed by atoms with Gasteiger partial charge in [-0.05, 0) is 36.6 Å². The maximum Gasteiger partial charge on any atom is 0.253 e. The summed E-state index contributed by atoms with van der Waals surface area (Å²) in [4.78, 5) is 14.8. The number of pyridine rings is 1. The summed E-state index contributed by atoms with van der Waals surface area (Å²) in [7, 11) is 0. The van der Waals surface area contributed by atoms with Crippen LogP contribution in [0.3, 0.4) is 0 Å². The molecule has 150 valence electrons. The molecule has 28 heavy (non-hydrogen) atoms. The van der Waals surface area contributed by atoms with Crippen molar-refractivity contribution < 1.29 is 14.3 Å². The monoisotopic (exact) mass is 425 g/mol. The second kappa shape index (κ2) is 9.65. The highest BCUT2D eigenvalue weighted by molar-refractivity contribution is 6.53. The first-order valence-corrected chi connectivity index (χ1v) is 9.99. The van der Waals surface area contributed by atoms with Crippen LogP contribution in [0.15, 0.2) is 42.6 Å². The summed E-state index contributed by atoms with van der Waals surface area (Å²) >= 11 is 10.9. The van der Waals surface area contributed by atoms with E-state index in [1.165, 1.54) is 0 Å². The van der Waals surface area contributed by atoms with Gasteiger partial charge in [0.05, 0.1) is 11.7 Å². The topological polar surface area (TPSA) is 74.2 Å². The molecule has 1 aliphatic rings. The predicted molar refractivity (Wildman–Crippen MR) is 108 cm³/mol. The number of hydrogen-bond donors (Lipinski definition) is 3. The van der Waals surface area contributed by atoms with Crippen LogP contribution in [0.25, 0.3) is 11.1 Å². The minimum atomic E-state index is -1.32. The van der Waals surface area contributed by atoms with E-state index in [1.807, 2.05) is 30.5 Å². The Morgan fingerprint density at radius 1 is 1.25 bits per heavy atom. The number of nitrogens with zero attached hydrogens (tertiary/aromatic N) is 1. The zero-order valence-electron chi connectivity index (χ0n) is 15.1. The lowest BCUT2D eigenvalue weighted by molar-refractivity contribution is -0.121. The van der Waals surface area contributed by atoms with Gasteiger partial charge in [0.1, 0.15) is 12.8 Å². The second-order valence-corrected chi connectivity index (χ2v) is 7.85. The molecule has 2 heterocycles. The summed E-state index contributed by atoms with van der Waals surface area (Å²) in [5.74, 6) is -0.746. The Morgan fingerprint density at radius 2 is 1.96 bits per heavy atom. The zero-order valence-corrected chi connectivity index (χ0v) is 16.6. The van der Waals surface area contributed by atoms with Crippen LogP contribution >= 0.6 is 23.2 Å². The fraction of sp³-hybridized carbons (Fsp3) is 0.400. The van der Waals surface area contributed by atoms with Gasteiger partial charge < -0.3 is 15.7 Å². The van der Waals surface area contributed by atoms with Crippen molar-refractivity contribution in [1.29, 1.82) is 0 Å². The van der Waals surface area contributed by atoms with Crippen molar-refractivity contribution in [3.05, 3.63) is 53.9 Å². The molecule has 1 amide bonds. The van der Waals surface area contributed by atoms with Gasteiger partial charge in [-0.2, -0.15) is 0 Å². The Balaban J connectivity index is 1.69. The molecular formula is C20H22Cl2FN3O2. The van der Waals surface area contributed by atoms with Crippen molar-refractivity contribution in [2.45, 2.75) is 35.9 Å². The van der Waals surface area contributed by atoms with Crippen molar-refractivity contribution in [2.24, 2.45) is 0 Å². The predicted octanol–water partition coefficient (Wildman–Crippen LogP) is 3.46. The smallest absolute Gasteiger partial charge is 0.253 e. The Bertz CT molecular complexity index is 781. The number of rotatable bonds is 7. The molecule has 0 bridgehead atoms. The molecule has 3 atom stereocenters. The van der Waals surface area contributed by atoms with E-state index in [9.17, 15) is 14.3 Å². The second-order valence-electron chi connectivity index (χ2n) is 6.76. The van der Waals surface area contributed by atoms with E-state index in [0.717, 1.165) is 36.2 Å². The van der Waals surface area contributed by atoms with Crippen LogP contribution in [-0.2, 0) is 4.79 Å². The minimum Gasteiger partial charge on any atom is -0.386 e. The maximum absolute atomic E-state index is 13.3. The summed E-state index contributed by atoms with van der Waals surface area (Å²) < 4.78 is 13.3. The van der Waals surface area contributed by atoms with Gasteiger partial charge in [-0.1, -0.05) is 53.5 Å². The lowest BCUT2D eigenvalue weighted by Gasteiger charge is -2.22. The number of benzene rings is 1. The molecule has 1 aliphatic heterocycles. The Hall–Kier alpha value is -1.73. The number of aliphatic hydroxyl groups excluding tert-OH is 1. The zero-order chi connectivity index (χ0) is 20.1. The van der Waals surface area contributed by atoms with Gasteiger partial charge in [0, 0.05) is 17.8 Å². The average Bonchev–Trinajstić information content (AvgIpc) is 3.26. The Morgan fingerprint density at radius 3 is 2.50 bits per heavy atom. The highest BCUT2D eigenvalue weighted by atomic mass is 35.5. The average molecular weight is 426 g/mol. The number of aromatic nitrogens is 1. The van der Waals surface area contributed by atoms with Gasteiger partial charge in [0.25, 0.3) is 5.91 Å². The van der Waals surface area contributed by atoms with Gasteiger partial charge in [0.15, 0.2) is 4.84 Å². The third-order valence-corrected chi connectivity index (χ3v) is 5.26. The van der Waals surface area contributed by atoms with Crippen LogP contribution in [0.5, 0.6) is 0 Å². The molecule has 0 radical (unpaired) electrons. The third-order valence-electron chi connectivity index (χ3n) is 4.86. The Labute approximate surface area is 173 Å². The fourth-order valence-corrected chi connectivity index (χ4v) is 3.40. The molecule has 5 nitrogen and oxygen atoms in total. The first-order valence-electron chi connectivity index (χ1n) is 9.12. The molecular weight excluding hydrogens is 404 g/mol. The molecule has 2 aromatic rings. The number of nitrogens with one attached hydrogen (secondary N) is 2. The van der Waals surface area contributed by atoms with Crippen molar-refractivity contribution >= 4 is 29.1 Å². The number of hydrogen-bond acceptors (Lipinski definition) is 4. The van der Waals surface area contributed by atoms with E-state index < -0.39 is 29.6 Å². The first-order chi connectivity index (χ1) is 13.5. The number of carbonyl (C=O) groups is 1. The number of aliphatic hydroxyl groups is 1. The molecule has 1 aromatic heterocycles. The van der Waals surface area contributed by atoms with E-state index in [-0.39, 0.29) is 0 Å². The number of amides is 1. The largest absolute Gasteiger partial charge is 0.386 e. The van der Waals surface area contributed by atoms with E-state index in [4.69, 9.17) is 23.2 Å². The number of carbonyl (C=O) groups excluding carboxylic acids is 1. The highest BCUT2D eigenvalue weighted by Gasteiger charge is 2.25. The fourth-order valence-electron chi connectivity index (χ4n) is 3.27. The number of halogens is 3. The van der Waals surface area contributed by atoms with Gasteiger partial charge in [-0.3, -0.25) is 9.78 Å².